The first kappa shape index (κ1) is 10.4. The first-order valence-corrected chi connectivity index (χ1v) is 5.92. The highest BCUT2D eigenvalue weighted by molar-refractivity contribution is 4.80. The van der Waals surface area contributed by atoms with Gasteiger partial charge in [-0.05, 0) is 44.7 Å². The van der Waals surface area contributed by atoms with Crippen molar-refractivity contribution >= 4 is 0 Å². The summed E-state index contributed by atoms with van der Waals surface area (Å²) in [6.45, 7) is 5.21. The molecule has 0 aromatic heterocycles. The molecule has 3 nitrogen and oxygen atoms in total. The summed E-state index contributed by atoms with van der Waals surface area (Å²) < 4.78 is 5.53. The molecule has 0 saturated carbocycles. The van der Waals surface area contributed by atoms with Crippen LogP contribution >= 0.6 is 0 Å². The topological polar surface area (TPSA) is 38.5 Å². The Bertz CT molecular complexity index is 169. The summed E-state index contributed by atoms with van der Waals surface area (Å²) in [4.78, 5) is 2.60. The van der Waals surface area contributed by atoms with Crippen LogP contribution in [0, 0.1) is 5.92 Å². The van der Waals surface area contributed by atoms with Gasteiger partial charge in [0.25, 0.3) is 0 Å². The molecule has 2 atom stereocenters. The lowest BCUT2D eigenvalue weighted by atomic mass is 9.95. The number of nitrogens with two attached hydrogens (primary N) is 1. The fourth-order valence-electron chi connectivity index (χ4n) is 2.63. The van der Waals surface area contributed by atoms with Gasteiger partial charge in [0.05, 0.1) is 6.61 Å². The molecule has 0 amide bonds. The van der Waals surface area contributed by atoms with E-state index in [1.807, 2.05) is 0 Å². The normalized spacial score (nSPS) is 35.8. The van der Waals surface area contributed by atoms with Gasteiger partial charge < -0.3 is 10.5 Å². The van der Waals surface area contributed by atoms with E-state index in [2.05, 4.69) is 4.90 Å². The zero-order chi connectivity index (χ0) is 9.80. The molecule has 2 N–H and O–H groups in total. The van der Waals surface area contributed by atoms with Crippen molar-refractivity contribution in [2.75, 3.05) is 32.8 Å². The average Bonchev–Trinajstić information content (AvgIpc) is 2.30. The Morgan fingerprint density at radius 1 is 1.29 bits per heavy atom. The summed E-state index contributed by atoms with van der Waals surface area (Å²) in [6, 6.07) is 0.679. The van der Waals surface area contributed by atoms with Crippen molar-refractivity contribution in [1.82, 2.24) is 4.90 Å². The van der Waals surface area contributed by atoms with Crippen LogP contribution in [0.15, 0.2) is 0 Å². The van der Waals surface area contributed by atoms with Crippen molar-refractivity contribution in [3.05, 3.63) is 0 Å². The molecule has 2 fully saturated rings. The number of hydrogen-bond donors (Lipinski definition) is 1. The van der Waals surface area contributed by atoms with Gasteiger partial charge in [0.15, 0.2) is 0 Å². The van der Waals surface area contributed by atoms with E-state index in [9.17, 15) is 0 Å². The van der Waals surface area contributed by atoms with E-state index < -0.39 is 0 Å². The van der Waals surface area contributed by atoms with Crippen LogP contribution < -0.4 is 5.73 Å². The number of rotatable bonds is 2. The third-order valence-corrected chi connectivity index (χ3v) is 3.54. The standard InChI is InChI=1S/C11H22N2O/c12-7-10-3-1-5-13(8-10)11-4-2-6-14-9-11/h10-11H,1-9,12H2. The maximum Gasteiger partial charge on any atom is 0.0621 e. The lowest BCUT2D eigenvalue weighted by molar-refractivity contribution is 0.00249. The van der Waals surface area contributed by atoms with E-state index in [4.69, 9.17) is 10.5 Å². The van der Waals surface area contributed by atoms with Crippen LogP contribution in [0.3, 0.4) is 0 Å². The Morgan fingerprint density at radius 2 is 2.21 bits per heavy atom. The molecule has 0 radical (unpaired) electrons. The second kappa shape index (κ2) is 5.10. The van der Waals surface area contributed by atoms with Crippen LogP contribution in [-0.4, -0.2) is 43.8 Å². The van der Waals surface area contributed by atoms with Crippen molar-refractivity contribution in [2.45, 2.75) is 31.7 Å². The highest BCUT2D eigenvalue weighted by Crippen LogP contribution is 2.21. The summed E-state index contributed by atoms with van der Waals surface area (Å²) in [6.07, 6.45) is 5.19. The van der Waals surface area contributed by atoms with Crippen LogP contribution in [0.25, 0.3) is 0 Å². The van der Waals surface area contributed by atoms with Gasteiger partial charge >= 0.3 is 0 Å². The largest absolute Gasteiger partial charge is 0.380 e. The molecule has 2 saturated heterocycles. The van der Waals surface area contributed by atoms with Crippen molar-refractivity contribution < 1.29 is 4.74 Å². The molecule has 0 bridgehead atoms. The molecule has 3 heteroatoms. The van der Waals surface area contributed by atoms with E-state index in [1.54, 1.807) is 0 Å². The van der Waals surface area contributed by atoms with Crippen LogP contribution in [-0.2, 0) is 4.74 Å². The van der Waals surface area contributed by atoms with Gasteiger partial charge in [0.1, 0.15) is 0 Å². The van der Waals surface area contributed by atoms with Crippen LogP contribution in [0.2, 0.25) is 0 Å². The zero-order valence-corrected chi connectivity index (χ0v) is 8.95. The molecule has 2 rings (SSSR count). The van der Waals surface area contributed by atoms with Gasteiger partial charge in [0, 0.05) is 19.2 Å². The third kappa shape index (κ3) is 2.47. The summed E-state index contributed by atoms with van der Waals surface area (Å²) in [7, 11) is 0. The maximum absolute atomic E-state index is 5.74. The molecule has 2 aliphatic rings. The van der Waals surface area contributed by atoms with Gasteiger partial charge in [-0.3, -0.25) is 4.90 Å². The smallest absolute Gasteiger partial charge is 0.0621 e. The molecule has 0 aliphatic carbocycles. The highest BCUT2D eigenvalue weighted by atomic mass is 16.5. The minimum Gasteiger partial charge on any atom is -0.380 e. The fourth-order valence-corrected chi connectivity index (χ4v) is 2.63. The Hall–Kier alpha value is -0.120. The molecule has 0 aromatic carbocycles. The Labute approximate surface area is 86.6 Å². The molecule has 0 spiro atoms. The molecule has 2 aliphatic heterocycles. The first-order valence-electron chi connectivity index (χ1n) is 5.92. The SMILES string of the molecule is NCC1CCCN(C2CCCOC2)C1. The van der Waals surface area contributed by atoms with E-state index in [-0.39, 0.29) is 0 Å². The maximum atomic E-state index is 5.74. The van der Waals surface area contributed by atoms with Gasteiger partial charge in [-0.25, -0.2) is 0 Å². The number of piperidine rings is 1. The van der Waals surface area contributed by atoms with Crippen molar-refractivity contribution in [2.24, 2.45) is 11.7 Å². The monoisotopic (exact) mass is 198 g/mol. The van der Waals surface area contributed by atoms with Crippen LogP contribution in [0.4, 0.5) is 0 Å². The Morgan fingerprint density at radius 3 is 2.93 bits per heavy atom. The minimum absolute atomic E-state index is 0.679. The minimum atomic E-state index is 0.679. The Balaban J connectivity index is 1.83. The summed E-state index contributed by atoms with van der Waals surface area (Å²) in [5.74, 6) is 0.727. The molecular weight excluding hydrogens is 176 g/mol. The van der Waals surface area contributed by atoms with Gasteiger partial charge in [0.2, 0.25) is 0 Å². The molecule has 14 heavy (non-hydrogen) atoms. The second-order valence-corrected chi connectivity index (χ2v) is 4.61. The number of ether oxygens (including phenoxy) is 1. The zero-order valence-electron chi connectivity index (χ0n) is 8.95. The fraction of sp³-hybridized carbons (Fsp3) is 1.00. The summed E-state index contributed by atoms with van der Waals surface area (Å²) >= 11 is 0. The van der Waals surface area contributed by atoms with E-state index in [0.717, 1.165) is 25.7 Å². The lowest BCUT2D eigenvalue weighted by Gasteiger charge is -2.39. The van der Waals surface area contributed by atoms with Crippen LogP contribution in [0.1, 0.15) is 25.7 Å². The molecular formula is C11H22N2O. The first-order chi connectivity index (χ1) is 6.90. The summed E-state index contributed by atoms with van der Waals surface area (Å²) in [5.41, 5.74) is 5.74. The van der Waals surface area contributed by atoms with Gasteiger partial charge in [-0.15, -0.1) is 0 Å². The van der Waals surface area contributed by atoms with E-state index in [1.165, 1.54) is 38.8 Å². The van der Waals surface area contributed by atoms with Crippen molar-refractivity contribution in [1.29, 1.82) is 0 Å². The molecule has 82 valence electrons. The number of nitrogens with zero attached hydrogens (tertiary/aromatic N) is 1. The predicted octanol–water partition coefficient (Wildman–Crippen LogP) is 0.836. The van der Waals surface area contributed by atoms with E-state index >= 15 is 0 Å². The second-order valence-electron chi connectivity index (χ2n) is 4.61. The van der Waals surface area contributed by atoms with Crippen molar-refractivity contribution in [3.8, 4) is 0 Å². The average molecular weight is 198 g/mol. The van der Waals surface area contributed by atoms with E-state index in [0.29, 0.717) is 6.04 Å². The lowest BCUT2D eigenvalue weighted by Crippen LogP contribution is -2.47. The Kier molecular flexibility index (Phi) is 3.79. The highest BCUT2D eigenvalue weighted by Gasteiger charge is 2.26. The number of likely N-dealkylation sites (tertiary alicyclic amines) is 1. The molecule has 0 aromatic rings. The number of hydrogen-bond acceptors (Lipinski definition) is 3. The van der Waals surface area contributed by atoms with Gasteiger partial charge in [-0.1, -0.05) is 0 Å². The van der Waals surface area contributed by atoms with Crippen LogP contribution in [0.5, 0.6) is 0 Å². The quantitative estimate of drug-likeness (QED) is 0.714. The third-order valence-electron chi connectivity index (χ3n) is 3.54. The van der Waals surface area contributed by atoms with Crippen molar-refractivity contribution in [3.63, 3.8) is 0 Å². The predicted molar refractivity (Wildman–Crippen MR) is 57.2 cm³/mol. The molecule has 2 unspecified atom stereocenters. The molecule has 2 heterocycles. The van der Waals surface area contributed by atoms with Gasteiger partial charge in [-0.2, -0.15) is 0 Å². The summed E-state index contributed by atoms with van der Waals surface area (Å²) in [5, 5.41) is 0.